The van der Waals surface area contributed by atoms with Crippen LogP contribution in [0.25, 0.3) is 0 Å². The van der Waals surface area contributed by atoms with E-state index in [1.165, 1.54) is 6.20 Å². The maximum Gasteiger partial charge on any atom is 0.227 e. The molecule has 0 aromatic carbocycles. The lowest BCUT2D eigenvalue weighted by Gasteiger charge is -2.34. The standard InChI is InChI=1S/C16H22FN7/c1-3-14-19-5-4-12(21-14)11-23-6-8-24(9-7-23)16-20-10-13(17)15(18-2)22-16/h4-5,10H,3,6-9,11H2,1-2H3,(H,18,20,22). The Bertz CT molecular complexity index is 686. The molecule has 3 heterocycles. The molecular formula is C16H22FN7. The SMILES string of the molecule is CCc1nccc(CN2CCN(c3ncc(F)c(NC)n3)CC2)n1. The fraction of sp³-hybridized carbons (Fsp3) is 0.500. The van der Waals surface area contributed by atoms with Gasteiger partial charge in [-0.25, -0.2) is 19.3 Å². The van der Waals surface area contributed by atoms with Gasteiger partial charge in [0.15, 0.2) is 11.6 Å². The molecule has 3 rings (SSSR count). The molecule has 0 atom stereocenters. The van der Waals surface area contributed by atoms with Gasteiger partial charge in [-0.2, -0.15) is 4.98 Å². The van der Waals surface area contributed by atoms with Gasteiger partial charge in [-0.15, -0.1) is 0 Å². The topological polar surface area (TPSA) is 70.1 Å². The van der Waals surface area contributed by atoms with E-state index in [1.807, 2.05) is 12.3 Å². The number of hydrogen-bond donors (Lipinski definition) is 1. The fourth-order valence-corrected chi connectivity index (χ4v) is 2.72. The number of piperazine rings is 1. The summed E-state index contributed by atoms with van der Waals surface area (Å²) >= 11 is 0. The van der Waals surface area contributed by atoms with E-state index in [-0.39, 0.29) is 5.82 Å². The minimum Gasteiger partial charge on any atom is -0.371 e. The first-order valence-corrected chi connectivity index (χ1v) is 8.18. The highest BCUT2D eigenvalue weighted by Crippen LogP contribution is 2.16. The third-order valence-corrected chi connectivity index (χ3v) is 4.09. The van der Waals surface area contributed by atoms with E-state index >= 15 is 0 Å². The quantitative estimate of drug-likeness (QED) is 0.886. The Morgan fingerprint density at radius 3 is 2.67 bits per heavy atom. The van der Waals surface area contributed by atoms with E-state index in [1.54, 1.807) is 7.05 Å². The molecule has 24 heavy (non-hydrogen) atoms. The van der Waals surface area contributed by atoms with E-state index < -0.39 is 5.82 Å². The van der Waals surface area contributed by atoms with Gasteiger partial charge in [-0.3, -0.25) is 4.90 Å². The minimum absolute atomic E-state index is 0.232. The van der Waals surface area contributed by atoms with Gasteiger partial charge in [0.1, 0.15) is 5.82 Å². The Morgan fingerprint density at radius 2 is 1.96 bits per heavy atom. The van der Waals surface area contributed by atoms with E-state index in [0.29, 0.717) is 5.95 Å². The highest BCUT2D eigenvalue weighted by atomic mass is 19.1. The van der Waals surface area contributed by atoms with Crippen LogP contribution in [0.2, 0.25) is 0 Å². The van der Waals surface area contributed by atoms with Crippen LogP contribution >= 0.6 is 0 Å². The summed E-state index contributed by atoms with van der Waals surface area (Å²) in [4.78, 5) is 21.6. The number of hydrogen-bond acceptors (Lipinski definition) is 7. The van der Waals surface area contributed by atoms with Crippen LogP contribution < -0.4 is 10.2 Å². The van der Waals surface area contributed by atoms with Gasteiger partial charge in [0, 0.05) is 52.4 Å². The normalized spacial score (nSPS) is 15.5. The molecule has 0 amide bonds. The predicted octanol–water partition coefficient (Wildman–Crippen LogP) is 1.33. The van der Waals surface area contributed by atoms with Crippen molar-refractivity contribution < 1.29 is 4.39 Å². The molecule has 0 radical (unpaired) electrons. The van der Waals surface area contributed by atoms with Crippen LogP contribution in [-0.4, -0.2) is 58.1 Å². The molecule has 1 aliphatic rings. The van der Waals surface area contributed by atoms with E-state index in [4.69, 9.17) is 0 Å². The first-order valence-electron chi connectivity index (χ1n) is 8.18. The van der Waals surface area contributed by atoms with Crippen LogP contribution in [0.1, 0.15) is 18.4 Å². The van der Waals surface area contributed by atoms with Gasteiger partial charge in [0.05, 0.1) is 11.9 Å². The molecule has 1 aliphatic heterocycles. The van der Waals surface area contributed by atoms with Gasteiger partial charge in [-0.1, -0.05) is 6.92 Å². The van der Waals surface area contributed by atoms with Crippen LogP contribution in [0.15, 0.2) is 18.5 Å². The van der Waals surface area contributed by atoms with Crippen molar-refractivity contribution in [2.75, 3.05) is 43.4 Å². The van der Waals surface area contributed by atoms with E-state index in [2.05, 4.69) is 42.0 Å². The maximum atomic E-state index is 13.5. The molecular weight excluding hydrogens is 309 g/mol. The molecule has 0 saturated carbocycles. The number of nitrogens with zero attached hydrogens (tertiary/aromatic N) is 6. The molecule has 1 saturated heterocycles. The number of aromatic nitrogens is 4. The van der Waals surface area contributed by atoms with Crippen LogP contribution in [0.5, 0.6) is 0 Å². The van der Waals surface area contributed by atoms with Gasteiger partial charge in [0.2, 0.25) is 5.95 Å². The smallest absolute Gasteiger partial charge is 0.227 e. The summed E-state index contributed by atoms with van der Waals surface area (Å²) < 4.78 is 13.5. The summed E-state index contributed by atoms with van der Waals surface area (Å²) in [6, 6.07) is 1.97. The Morgan fingerprint density at radius 1 is 1.17 bits per heavy atom. The average Bonchev–Trinajstić information content (AvgIpc) is 2.63. The van der Waals surface area contributed by atoms with Crippen LogP contribution in [0.3, 0.4) is 0 Å². The van der Waals surface area contributed by atoms with Gasteiger partial charge < -0.3 is 10.2 Å². The first-order chi connectivity index (χ1) is 11.7. The van der Waals surface area contributed by atoms with Gasteiger partial charge in [0.25, 0.3) is 0 Å². The third-order valence-electron chi connectivity index (χ3n) is 4.09. The van der Waals surface area contributed by atoms with Gasteiger partial charge >= 0.3 is 0 Å². The van der Waals surface area contributed by atoms with Crippen molar-refractivity contribution >= 4 is 11.8 Å². The van der Waals surface area contributed by atoms with Gasteiger partial charge in [-0.05, 0) is 6.07 Å². The molecule has 2 aromatic rings. The summed E-state index contributed by atoms with van der Waals surface area (Å²) in [7, 11) is 1.65. The Hall–Kier alpha value is -2.35. The zero-order valence-corrected chi connectivity index (χ0v) is 14.0. The van der Waals surface area contributed by atoms with Crippen molar-refractivity contribution in [2.45, 2.75) is 19.9 Å². The molecule has 7 nitrogen and oxygen atoms in total. The number of anilines is 2. The zero-order chi connectivity index (χ0) is 16.9. The Kier molecular flexibility index (Phi) is 5.14. The first kappa shape index (κ1) is 16.5. The monoisotopic (exact) mass is 331 g/mol. The number of nitrogens with one attached hydrogen (secondary N) is 1. The molecule has 2 aromatic heterocycles. The summed E-state index contributed by atoms with van der Waals surface area (Å²) in [5, 5.41) is 2.75. The molecule has 0 bridgehead atoms. The average molecular weight is 331 g/mol. The molecule has 1 fully saturated rings. The second kappa shape index (κ2) is 7.48. The van der Waals surface area contributed by atoms with E-state index in [0.717, 1.165) is 50.7 Å². The van der Waals surface area contributed by atoms with E-state index in [9.17, 15) is 4.39 Å². The highest BCUT2D eigenvalue weighted by molar-refractivity contribution is 5.42. The van der Waals surface area contributed by atoms with Crippen molar-refractivity contribution in [3.63, 3.8) is 0 Å². The minimum atomic E-state index is -0.435. The number of rotatable bonds is 5. The number of halogens is 1. The van der Waals surface area contributed by atoms with Crippen molar-refractivity contribution in [1.29, 1.82) is 0 Å². The van der Waals surface area contributed by atoms with Crippen molar-refractivity contribution in [3.8, 4) is 0 Å². The summed E-state index contributed by atoms with van der Waals surface area (Å²) in [6.07, 6.45) is 3.88. The largest absolute Gasteiger partial charge is 0.371 e. The Labute approximate surface area is 141 Å². The summed E-state index contributed by atoms with van der Waals surface area (Å²) in [6.45, 7) is 6.26. The second-order valence-electron chi connectivity index (χ2n) is 5.70. The van der Waals surface area contributed by atoms with Crippen LogP contribution in [0, 0.1) is 5.82 Å². The van der Waals surface area contributed by atoms with Crippen molar-refractivity contribution in [2.24, 2.45) is 0 Å². The predicted molar refractivity (Wildman–Crippen MR) is 90.4 cm³/mol. The lowest BCUT2D eigenvalue weighted by molar-refractivity contribution is 0.245. The summed E-state index contributed by atoms with van der Waals surface area (Å²) in [5.74, 6) is 1.24. The molecule has 8 heteroatoms. The lowest BCUT2D eigenvalue weighted by atomic mass is 10.3. The molecule has 128 valence electrons. The zero-order valence-electron chi connectivity index (χ0n) is 14.0. The fourth-order valence-electron chi connectivity index (χ4n) is 2.72. The molecule has 1 N–H and O–H groups in total. The number of aryl methyl sites for hydroxylation is 1. The van der Waals surface area contributed by atoms with Crippen molar-refractivity contribution in [1.82, 2.24) is 24.8 Å². The van der Waals surface area contributed by atoms with Crippen LogP contribution in [0.4, 0.5) is 16.2 Å². The Balaban J connectivity index is 1.59. The molecule has 0 spiro atoms. The molecule has 0 aliphatic carbocycles. The summed E-state index contributed by atoms with van der Waals surface area (Å²) in [5.41, 5.74) is 1.05. The molecule has 0 unspecified atom stereocenters. The maximum absolute atomic E-state index is 13.5. The second-order valence-corrected chi connectivity index (χ2v) is 5.70. The third kappa shape index (κ3) is 3.76. The lowest BCUT2D eigenvalue weighted by Crippen LogP contribution is -2.46. The van der Waals surface area contributed by atoms with Crippen LogP contribution in [-0.2, 0) is 13.0 Å². The highest BCUT2D eigenvalue weighted by Gasteiger charge is 2.20. The van der Waals surface area contributed by atoms with Crippen molar-refractivity contribution in [3.05, 3.63) is 35.8 Å².